The SMILES string of the molecule is Cc1ccccc1COc1cccc(CC(=O)N2CCC3(CCNC3)CC2)c1.Cl. The summed E-state index contributed by atoms with van der Waals surface area (Å²) in [5, 5.41) is 3.48. The van der Waals surface area contributed by atoms with Gasteiger partial charge >= 0.3 is 0 Å². The van der Waals surface area contributed by atoms with Crippen LogP contribution in [0, 0.1) is 12.3 Å². The molecule has 1 amide bonds. The van der Waals surface area contributed by atoms with Gasteiger partial charge in [0.05, 0.1) is 6.42 Å². The second-order valence-corrected chi connectivity index (χ2v) is 8.35. The van der Waals surface area contributed by atoms with Crippen LogP contribution in [-0.4, -0.2) is 37.0 Å². The smallest absolute Gasteiger partial charge is 0.226 e. The summed E-state index contributed by atoms with van der Waals surface area (Å²) in [5.41, 5.74) is 3.89. The topological polar surface area (TPSA) is 41.6 Å². The molecule has 4 rings (SSSR count). The minimum atomic E-state index is 0. The zero-order chi connectivity index (χ0) is 19.4. The van der Waals surface area contributed by atoms with Crippen molar-refractivity contribution < 1.29 is 9.53 Å². The maximum absolute atomic E-state index is 12.8. The van der Waals surface area contributed by atoms with Crippen LogP contribution in [0.25, 0.3) is 0 Å². The summed E-state index contributed by atoms with van der Waals surface area (Å²) in [4.78, 5) is 14.8. The zero-order valence-electron chi connectivity index (χ0n) is 17.2. The Morgan fingerprint density at radius 1 is 1.10 bits per heavy atom. The molecule has 0 unspecified atom stereocenters. The van der Waals surface area contributed by atoms with Gasteiger partial charge in [-0.1, -0.05) is 36.4 Å². The number of benzene rings is 2. The van der Waals surface area contributed by atoms with Gasteiger partial charge in [0.2, 0.25) is 5.91 Å². The summed E-state index contributed by atoms with van der Waals surface area (Å²) in [6, 6.07) is 16.2. The monoisotopic (exact) mass is 414 g/mol. The first-order valence-corrected chi connectivity index (χ1v) is 10.4. The number of rotatable bonds is 5. The van der Waals surface area contributed by atoms with Crippen molar-refractivity contribution in [3.05, 3.63) is 65.2 Å². The average molecular weight is 415 g/mol. The van der Waals surface area contributed by atoms with Crippen molar-refractivity contribution >= 4 is 18.3 Å². The maximum Gasteiger partial charge on any atom is 0.226 e. The lowest BCUT2D eigenvalue weighted by molar-refractivity contribution is -0.132. The number of halogens is 1. The molecule has 2 aliphatic rings. The number of aryl methyl sites for hydroxylation is 1. The largest absolute Gasteiger partial charge is 0.489 e. The predicted molar refractivity (Wildman–Crippen MR) is 119 cm³/mol. The molecular weight excluding hydrogens is 384 g/mol. The van der Waals surface area contributed by atoms with E-state index in [0.29, 0.717) is 18.4 Å². The van der Waals surface area contributed by atoms with Gasteiger partial charge in [-0.15, -0.1) is 12.4 Å². The number of ether oxygens (including phenoxy) is 1. The molecule has 2 fully saturated rings. The van der Waals surface area contributed by atoms with E-state index >= 15 is 0 Å². The third-order valence-corrected chi connectivity index (χ3v) is 6.42. The first-order valence-electron chi connectivity index (χ1n) is 10.4. The molecule has 156 valence electrons. The van der Waals surface area contributed by atoms with Gasteiger partial charge in [-0.25, -0.2) is 0 Å². The first-order chi connectivity index (χ1) is 13.6. The Balaban J connectivity index is 0.00000240. The van der Waals surface area contributed by atoms with Crippen molar-refractivity contribution in [2.45, 2.75) is 39.2 Å². The number of piperidine rings is 1. The number of likely N-dealkylation sites (tertiary alicyclic amines) is 1. The first kappa shape index (κ1) is 21.7. The lowest BCUT2D eigenvalue weighted by atomic mass is 9.78. The van der Waals surface area contributed by atoms with Gasteiger partial charge in [-0.3, -0.25) is 4.79 Å². The third-order valence-electron chi connectivity index (χ3n) is 6.42. The summed E-state index contributed by atoms with van der Waals surface area (Å²) < 4.78 is 5.97. The third kappa shape index (κ3) is 5.31. The van der Waals surface area contributed by atoms with E-state index < -0.39 is 0 Å². The molecule has 4 nitrogen and oxygen atoms in total. The lowest BCUT2D eigenvalue weighted by Crippen LogP contribution is -2.44. The van der Waals surface area contributed by atoms with Crippen molar-refractivity contribution in [3.63, 3.8) is 0 Å². The van der Waals surface area contributed by atoms with E-state index in [-0.39, 0.29) is 18.3 Å². The summed E-state index contributed by atoms with van der Waals surface area (Å²) in [5.74, 6) is 1.06. The number of nitrogens with one attached hydrogen (secondary N) is 1. The van der Waals surface area contributed by atoms with Crippen LogP contribution in [0.3, 0.4) is 0 Å². The Morgan fingerprint density at radius 3 is 2.62 bits per heavy atom. The Hall–Kier alpha value is -2.04. The molecule has 0 aromatic heterocycles. The van der Waals surface area contributed by atoms with Crippen LogP contribution in [0.1, 0.15) is 36.0 Å². The molecule has 2 aliphatic heterocycles. The average Bonchev–Trinajstić information content (AvgIpc) is 3.16. The van der Waals surface area contributed by atoms with Gasteiger partial charge in [-0.2, -0.15) is 0 Å². The Morgan fingerprint density at radius 2 is 1.90 bits per heavy atom. The summed E-state index contributed by atoms with van der Waals surface area (Å²) >= 11 is 0. The van der Waals surface area contributed by atoms with E-state index in [0.717, 1.165) is 50.3 Å². The molecule has 0 radical (unpaired) electrons. The summed E-state index contributed by atoms with van der Waals surface area (Å²) in [6.07, 6.45) is 3.97. The fraction of sp³-hybridized carbons (Fsp3) is 0.458. The summed E-state index contributed by atoms with van der Waals surface area (Å²) in [6.45, 7) is 6.68. The van der Waals surface area contributed by atoms with Crippen molar-refractivity contribution in [2.24, 2.45) is 5.41 Å². The number of carbonyl (C=O) groups excluding carboxylic acids is 1. The highest BCUT2D eigenvalue weighted by molar-refractivity contribution is 5.85. The number of carbonyl (C=O) groups is 1. The molecule has 2 aromatic carbocycles. The number of hydrogen-bond donors (Lipinski definition) is 1. The van der Waals surface area contributed by atoms with Gasteiger partial charge in [0.25, 0.3) is 0 Å². The minimum absolute atomic E-state index is 0. The standard InChI is InChI=1S/C24H30N2O2.ClH/c1-19-5-2-3-7-21(19)17-28-22-8-4-6-20(15-22)16-23(27)26-13-10-24(11-14-26)9-12-25-18-24;/h2-8,15,25H,9-14,16-18H2,1H3;1H. The molecule has 2 aromatic rings. The molecular formula is C24H31ClN2O2. The summed E-state index contributed by atoms with van der Waals surface area (Å²) in [7, 11) is 0. The maximum atomic E-state index is 12.8. The van der Waals surface area contributed by atoms with Crippen molar-refractivity contribution in [2.75, 3.05) is 26.2 Å². The lowest BCUT2D eigenvalue weighted by Gasteiger charge is -2.39. The van der Waals surface area contributed by atoms with Crippen LogP contribution in [0.5, 0.6) is 5.75 Å². The molecule has 0 aliphatic carbocycles. The number of nitrogens with zero attached hydrogens (tertiary/aromatic N) is 1. The Bertz CT molecular complexity index is 823. The number of hydrogen-bond acceptors (Lipinski definition) is 3. The van der Waals surface area contributed by atoms with Crippen LogP contribution in [0.2, 0.25) is 0 Å². The highest BCUT2D eigenvalue weighted by atomic mass is 35.5. The molecule has 0 bridgehead atoms. The van der Waals surface area contributed by atoms with E-state index in [1.807, 2.05) is 41.3 Å². The van der Waals surface area contributed by atoms with Crippen molar-refractivity contribution in [3.8, 4) is 5.75 Å². The highest BCUT2D eigenvalue weighted by Crippen LogP contribution is 2.37. The Labute approximate surface area is 180 Å². The second kappa shape index (κ2) is 9.64. The fourth-order valence-electron chi connectivity index (χ4n) is 4.42. The van der Waals surface area contributed by atoms with E-state index in [4.69, 9.17) is 4.74 Å². The van der Waals surface area contributed by atoms with Crippen LogP contribution in [0.4, 0.5) is 0 Å². The molecule has 2 saturated heterocycles. The molecule has 0 atom stereocenters. The second-order valence-electron chi connectivity index (χ2n) is 8.35. The normalized spacial score (nSPS) is 17.8. The van der Waals surface area contributed by atoms with Crippen molar-refractivity contribution in [1.82, 2.24) is 10.2 Å². The van der Waals surface area contributed by atoms with Crippen molar-refractivity contribution in [1.29, 1.82) is 0 Å². The zero-order valence-corrected chi connectivity index (χ0v) is 18.0. The number of amides is 1. The fourth-order valence-corrected chi connectivity index (χ4v) is 4.42. The van der Waals surface area contributed by atoms with E-state index in [2.05, 4.69) is 24.4 Å². The Kier molecular flexibility index (Phi) is 7.20. The van der Waals surface area contributed by atoms with E-state index in [9.17, 15) is 4.79 Å². The molecule has 1 N–H and O–H groups in total. The molecule has 0 saturated carbocycles. The van der Waals surface area contributed by atoms with Crippen LogP contribution in [0.15, 0.2) is 48.5 Å². The molecule has 1 spiro atoms. The predicted octanol–water partition coefficient (Wildman–Crippen LogP) is 4.14. The molecule has 5 heteroatoms. The van der Waals surface area contributed by atoms with E-state index in [1.165, 1.54) is 17.5 Å². The highest BCUT2D eigenvalue weighted by Gasteiger charge is 2.37. The van der Waals surface area contributed by atoms with Gasteiger partial charge in [0, 0.05) is 19.6 Å². The van der Waals surface area contributed by atoms with E-state index in [1.54, 1.807) is 0 Å². The molecule has 29 heavy (non-hydrogen) atoms. The van der Waals surface area contributed by atoms with Gasteiger partial charge in [-0.05, 0) is 67.0 Å². The van der Waals surface area contributed by atoms with Crippen LogP contribution in [-0.2, 0) is 17.8 Å². The minimum Gasteiger partial charge on any atom is -0.489 e. The van der Waals surface area contributed by atoms with Gasteiger partial charge in [0.15, 0.2) is 0 Å². The van der Waals surface area contributed by atoms with Gasteiger partial charge in [0.1, 0.15) is 12.4 Å². The van der Waals surface area contributed by atoms with Gasteiger partial charge < -0.3 is 15.0 Å². The van der Waals surface area contributed by atoms with Crippen LogP contribution < -0.4 is 10.1 Å². The quantitative estimate of drug-likeness (QED) is 0.799. The van der Waals surface area contributed by atoms with Crippen LogP contribution >= 0.6 is 12.4 Å². The molecule has 2 heterocycles.